The molecular weight excluding hydrogens is 228 g/mol. The molecule has 5 nitrogen and oxygen atoms in total. The number of methoxy groups -OCH3 is 1. The average Bonchev–Trinajstić information content (AvgIpc) is 2.71. The third kappa shape index (κ3) is 5.60. The molecule has 1 unspecified atom stereocenters. The summed E-state index contributed by atoms with van der Waals surface area (Å²) in [5.74, 6) is 2.24. The van der Waals surface area contributed by atoms with Crippen LogP contribution in [0, 0.1) is 11.8 Å². The largest absolute Gasteiger partial charge is 0.383 e. The maximum absolute atomic E-state index is 5.00. The van der Waals surface area contributed by atoms with Gasteiger partial charge in [0.1, 0.15) is 12.2 Å². The smallest absolute Gasteiger partial charge is 0.138 e. The van der Waals surface area contributed by atoms with Gasteiger partial charge in [-0.1, -0.05) is 20.8 Å². The molecule has 0 saturated heterocycles. The van der Waals surface area contributed by atoms with Crippen molar-refractivity contribution in [3.05, 3.63) is 12.2 Å². The van der Waals surface area contributed by atoms with Crippen molar-refractivity contribution >= 4 is 0 Å². The third-order valence-corrected chi connectivity index (χ3v) is 2.74. The molecule has 1 N–H and O–H groups in total. The Morgan fingerprint density at radius 3 is 2.83 bits per heavy atom. The molecule has 1 rings (SSSR count). The van der Waals surface area contributed by atoms with Gasteiger partial charge in [0.2, 0.25) is 0 Å². The summed E-state index contributed by atoms with van der Waals surface area (Å²) in [6.07, 6.45) is 2.62. The minimum Gasteiger partial charge on any atom is -0.383 e. The Labute approximate surface area is 110 Å². The van der Waals surface area contributed by atoms with Crippen LogP contribution in [0.3, 0.4) is 0 Å². The van der Waals surface area contributed by atoms with E-state index in [0.29, 0.717) is 11.8 Å². The second kappa shape index (κ2) is 8.21. The Morgan fingerprint density at radius 2 is 2.17 bits per heavy atom. The van der Waals surface area contributed by atoms with Gasteiger partial charge in [0.05, 0.1) is 6.61 Å². The molecule has 1 aromatic heterocycles. The molecule has 104 valence electrons. The summed E-state index contributed by atoms with van der Waals surface area (Å²) in [5, 5.41) is 7.66. The molecule has 0 fully saturated rings. The fraction of sp³-hybridized carbons (Fsp3) is 0.846. The van der Waals surface area contributed by atoms with Crippen LogP contribution in [0.15, 0.2) is 6.33 Å². The molecule has 0 saturated carbocycles. The summed E-state index contributed by atoms with van der Waals surface area (Å²) in [5.41, 5.74) is 0. The van der Waals surface area contributed by atoms with Gasteiger partial charge in [-0.15, -0.1) is 0 Å². The fourth-order valence-corrected chi connectivity index (χ4v) is 1.85. The first-order chi connectivity index (χ1) is 8.63. The Kier molecular flexibility index (Phi) is 6.90. The van der Waals surface area contributed by atoms with E-state index in [0.717, 1.165) is 38.5 Å². The molecule has 0 aliphatic heterocycles. The van der Waals surface area contributed by atoms with Crippen LogP contribution < -0.4 is 5.32 Å². The van der Waals surface area contributed by atoms with Crippen molar-refractivity contribution in [2.24, 2.45) is 11.8 Å². The molecule has 0 spiro atoms. The van der Waals surface area contributed by atoms with Crippen LogP contribution >= 0.6 is 0 Å². The van der Waals surface area contributed by atoms with Crippen molar-refractivity contribution in [3.8, 4) is 0 Å². The van der Waals surface area contributed by atoms with Crippen molar-refractivity contribution in [2.45, 2.75) is 33.7 Å². The second-order valence-electron chi connectivity index (χ2n) is 5.26. The van der Waals surface area contributed by atoms with E-state index in [4.69, 9.17) is 4.74 Å². The van der Waals surface area contributed by atoms with Crippen molar-refractivity contribution in [1.82, 2.24) is 20.1 Å². The lowest BCUT2D eigenvalue weighted by atomic mass is 10.1. The first-order valence-electron chi connectivity index (χ1n) is 6.69. The van der Waals surface area contributed by atoms with Gasteiger partial charge in [-0.2, -0.15) is 5.10 Å². The zero-order valence-corrected chi connectivity index (χ0v) is 12.0. The van der Waals surface area contributed by atoms with E-state index in [1.165, 1.54) is 0 Å². The third-order valence-electron chi connectivity index (χ3n) is 2.74. The Morgan fingerprint density at radius 1 is 1.39 bits per heavy atom. The quantitative estimate of drug-likeness (QED) is 0.676. The molecule has 0 bridgehead atoms. The summed E-state index contributed by atoms with van der Waals surface area (Å²) in [6.45, 7) is 10.2. The molecule has 5 heteroatoms. The predicted octanol–water partition coefficient (Wildman–Crippen LogP) is 1.35. The highest BCUT2D eigenvalue weighted by Gasteiger charge is 2.10. The molecule has 0 aliphatic carbocycles. The van der Waals surface area contributed by atoms with Gasteiger partial charge in [-0.3, -0.25) is 0 Å². The van der Waals surface area contributed by atoms with Gasteiger partial charge in [-0.25, -0.2) is 9.67 Å². The standard InChI is InChI=1S/C13H26N4O/c1-11(2)9-17-13(15-10-16-17)7-12(3)8-14-5-6-18-4/h10-12,14H,5-9H2,1-4H3. The first-order valence-corrected chi connectivity index (χ1v) is 6.69. The molecule has 0 aliphatic rings. The molecule has 0 aromatic carbocycles. The lowest BCUT2D eigenvalue weighted by Gasteiger charge is -2.13. The summed E-state index contributed by atoms with van der Waals surface area (Å²) >= 11 is 0. The van der Waals surface area contributed by atoms with Crippen molar-refractivity contribution in [1.29, 1.82) is 0 Å². The predicted molar refractivity (Wildman–Crippen MR) is 72.5 cm³/mol. The van der Waals surface area contributed by atoms with Crippen LogP contribution in [0.25, 0.3) is 0 Å². The molecule has 1 aromatic rings. The number of nitrogens with one attached hydrogen (secondary N) is 1. The number of rotatable bonds is 9. The maximum atomic E-state index is 5.00. The molecule has 0 radical (unpaired) electrons. The van der Waals surface area contributed by atoms with Crippen LogP contribution in [-0.2, 0) is 17.7 Å². The summed E-state index contributed by atoms with van der Waals surface area (Å²) in [6, 6.07) is 0. The van der Waals surface area contributed by atoms with E-state index in [1.54, 1.807) is 13.4 Å². The zero-order valence-electron chi connectivity index (χ0n) is 12.0. The summed E-state index contributed by atoms with van der Waals surface area (Å²) in [7, 11) is 1.72. The minimum absolute atomic E-state index is 0.553. The second-order valence-corrected chi connectivity index (χ2v) is 5.26. The van der Waals surface area contributed by atoms with Gasteiger partial charge in [0.15, 0.2) is 0 Å². The van der Waals surface area contributed by atoms with Crippen molar-refractivity contribution < 1.29 is 4.74 Å². The van der Waals surface area contributed by atoms with Gasteiger partial charge in [0.25, 0.3) is 0 Å². The monoisotopic (exact) mass is 254 g/mol. The zero-order chi connectivity index (χ0) is 13.4. The minimum atomic E-state index is 0.553. The highest BCUT2D eigenvalue weighted by atomic mass is 16.5. The van der Waals surface area contributed by atoms with Crippen LogP contribution in [-0.4, -0.2) is 41.6 Å². The fourth-order valence-electron chi connectivity index (χ4n) is 1.85. The van der Waals surface area contributed by atoms with Gasteiger partial charge < -0.3 is 10.1 Å². The summed E-state index contributed by atoms with van der Waals surface area (Å²) < 4.78 is 7.03. The number of hydrogen-bond acceptors (Lipinski definition) is 4. The van der Waals surface area contributed by atoms with Crippen LogP contribution in [0.2, 0.25) is 0 Å². The van der Waals surface area contributed by atoms with E-state index in [9.17, 15) is 0 Å². The maximum Gasteiger partial charge on any atom is 0.138 e. The molecular formula is C13H26N4O. The van der Waals surface area contributed by atoms with E-state index in [2.05, 4.69) is 36.2 Å². The van der Waals surface area contributed by atoms with Crippen LogP contribution in [0.1, 0.15) is 26.6 Å². The lowest BCUT2D eigenvalue weighted by molar-refractivity contribution is 0.198. The highest BCUT2D eigenvalue weighted by Crippen LogP contribution is 2.07. The van der Waals surface area contributed by atoms with E-state index < -0.39 is 0 Å². The summed E-state index contributed by atoms with van der Waals surface area (Å²) in [4.78, 5) is 4.35. The van der Waals surface area contributed by atoms with Crippen molar-refractivity contribution in [2.75, 3.05) is 26.8 Å². The Hall–Kier alpha value is -0.940. The highest BCUT2D eigenvalue weighted by molar-refractivity contribution is 4.87. The average molecular weight is 254 g/mol. The number of ether oxygens (including phenoxy) is 1. The topological polar surface area (TPSA) is 52.0 Å². The lowest BCUT2D eigenvalue weighted by Crippen LogP contribution is -2.26. The van der Waals surface area contributed by atoms with Crippen molar-refractivity contribution in [3.63, 3.8) is 0 Å². The van der Waals surface area contributed by atoms with Crippen LogP contribution in [0.5, 0.6) is 0 Å². The molecule has 18 heavy (non-hydrogen) atoms. The van der Waals surface area contributed by atoms with E-state index >= 15 is 0 Å². The molecule has 1 heterocycles. The van der Waals surface area contributed by atoms with Gasteiger partial charge in [-0.05, 0) is 18.4 Å². The molecule has 0 amide bonds. The molecule has 1 atom stereocenters. The van der Waals surface area contributed by atoms with Gasteiger partial charge in [0, 0.05) is 26.6 Å². The van der Waals surface area contributed by atoms with Crippen LogP contribution in [0.4, 0.5) is 0 Å². The number of hydrogen-bond donors (Lipinski definition) is 1. The Bertz CT molecular complexity index is 325. The van der Waals surface area contributed by atoms with Gasteiger partial charge >= 0.3 is 0 Å². The Balaban J connectivity index is 2.34. The number of nitrogens with zero attached hydrogens (tertiary/aromatic N) is 3. The van der Waals surface area contributed by atoms with E-state index in [-0.39, 0.29) is 0 Å². The first kappa shape index (κ1) is 15.1. The SMILES string of the molecule is COCCNCC(C)Cc1ncnn1CC(C)C. The van der Waals surface area contributed by atoms with E-state index in [1.807, 2.05) is 4.68 Å². The normalized spacial score (nSPS) is 13.2. The number of aromatic nitrogens is 3.